The molecule has 3 heterocycles. The van der Waals surface area contributed by atoms with Crippen LogP contribution >= 0.6 is 0 Å². The van der Waals surface area contributed by atoms with Gasteiger partial charge in [0.15, 0.2) is 0 Å². The topological polar surface area (TPSA) is 57.8 Å². The van der Waals surface area contributed by atoms with E-state index < -0.39 is 0 Å². The summed E-state index contributed by atoms with van der Waals surface area (Å²) in [6, 6.07) is 0. The number of amidine groups is 1. The van der Waals surface area contributed by atoms with Gasteiger partial charge in [-0.25, -0.2) is 9.98 Å². The maximum Gasteiger partial charge on any atom is 0.145 e. The first-order valence-corrected chi connectivity index (χ1v) is 6.59. The van der Waals surface area contributed by atoms with Gasteiger partial charge in [-0.15, -0.1) is 0 Å². The molecule has 0 aromatic carbocycles. The molecular weight excluding hydrogens is 240 g/mol. The Morgan fingerprint density at radius 2 is 2.32 bits per heavy atom. The number of hydrazone groups is 1. The third kappa shape index (κ3) is 2.14. The molecule has 0 fully saturated rings. The minimum absolute atomic E-state index is 0.135. The van der Waals surface area contributed by atoms with Gasteiger partial charge in [-0.2, -0.15) is 5.10 Å². The highest BCUT2D eigenvalue weighted by Gasteiger charge is 2.31. The molecule has 1 unspecified atom stereocenters. The van der Waals surface area contributed by atoms with Gasteiger partial charge in [0, 0.05) is 12.4 Å². The Morgan fingerprint density at radius 3 is 3.05 bits per heavy atom. The zero-order valence-corrected chi connectivity index (χ0v) is 11.2. The van der Waals surface area contributed by atoms with Crippen molar-refractivity contribution in [3.8, 4) is 0 Å². The van der Waals surface area contributed by atoms with E-state index in [-0.39, 0.29) is 6.17 Å². The average molecular weight is 258 g/mol. The number of nitrogens with one attached hydrogen (secondary N) is 1. The predicted molar refractivity (Wildman–Crippen MR) is 74.5 cm³/mol. The lowest BCUT2D eigenvalue weighted by molar-refractivity contribution is 0.439. The summed E-state index contributed by atoms with van der Waals surface area (Å²) in [6.45, 7) is 4.94. The predicted octanol–water partition coefficient (Wildman–Crippen LogP) is 1.54. The van der Waals surface area contributed by atoms with Crippen LogP contribution in [-0.2, 0) is 6.54 Å². The van der Waals surface area contributed by atoms with Crippen LogP contribution in [0, 0.1) is 0 Å². The second-order valence-electron chi connectivity index (χ2n) is 4.80. The van der Waals surface area contributed by atoms with Gasteiger partial charge >= 0.3 is 0 Å². The van der Waals surface area contributed by atoms with E-state index in [0.29, 0.717) is 0 Å². The Hall–Kier alpha value is -2.11. The zero-order chi connectivity index (χ0) is 13.2. The number of allylic oxidation sites excluding steroid dienone is 1. The van der Waals surface area contributed by atoms with Crippen LogP contribution in [-0.4, -0.2) is 32.8 Å². The lowest BCUT2D eigenvalue weighted by Crippen LogP contribution is -2.42. The smallest absolute Gasteiger partial charge is 0.145 e. The molecule has 0 radical (unpaired) electrons. The van der Waals surface area contributed by atoms with Crippen LogP contribution in [0.25, 0.3) is 0 Å². The maximum absolute atomic E-state index is 4.61. The Balaban J connectivity index is 1.89. The van der Waals surface area contributed by atoms with Crippen LogP contribution in [0.5, 0.6) is 0 Å². The van der Waals surface area contributed by atoms with Crippen molar-refractivity contribution in [3.63, 3.8) is 0 Å². The summed E-state index contributed by atoms with van der Waals surface area (Å²) in [5.74, 6) is 0.962. The maximum atomic E-state index is 4.61. The van der Waals surface area contributed by atoms with Gasteiger partial charge in [0.05, 0.1) is 24.9 Å². The molecule has 19 heavy (non-hydrogen) atoms. The minimum atomic E-state index is 0.135. The second-order valence-corrected chi connectivity index (χ2v) is 4.80. The lowest BCUT2D eigenvalue weighted by atomic mass is 10.0. The molecule has 0 saturated carbocycles. The van der Waals surface area contributed by atoms with Crippen molar-refractivity contribution < 1.29 is 0 Å². The first-order valence-electron chi connectivity index (χ1n) is 6.59. The number of aromatic nitrogens is 2. The number of imidazole rings is 1. The van der Waals surface area contributed by atoms with Gasteiger partial charge in [-0.3, -0.25) is 10.3 Å². The molecule has 0 bridgehead atoms. The molecule has 6 nitrogen and oxygen atoms in total. The zero-order valence-electron chi connectivity index (χ0n) is 11.2. The Labute approximate surface area is 112 Å². The van der Waals surface area contributed by atoms with Crippen LogP contribution in [0.15, 0.2) is 40.1 Å². The molecule has 1 atom stereocenters. The quantitative estimate of drug-likeness (QED) is 0.891. The fourth-order valence-corrected chi connectivity index (χ4v) is 2.48. The van der Waals surface area contributed by atoms with Gasteiger partial charge in [0.25, 0.3) is 0 Å². The van der Waals surface area contributed by atoms with Crippen LogP contribution in [0.3, 0.4) is 0 Å². The van der Waals surface area contributed by atoms with Gasteiger partial charge < -0.3 is 4.57 Å². The molecule has 1 aromatic rings. The van der Waals surface area contributed by atoms with Crippen molar-refractivity contribution >= 4 is 12.2 Å². The molecule has 0 aliphatic carbocycles. The molecular formula is C13H18N6. The van der Waals surface area contributed by atoms with Crippen molar-refractivity contribution in [2.24, 2.45) is 10.1 Å². The van der Waals surface area contributed by atoms with Crippen LogP contribution < -0.4 is 5.43 Å². The Kier molecular flexibility index (Phi) is 3.06. The number of rotatable bonds is 4. The summed E-state index contributed by atoms with van der Waals surface area (Å²) >= 11 is 0. The largest absolute Gasteiger partial charge is 0.331 e. The van der Waals surface area contributed by atoms with Gasteiger partial charge in [0.1, 0.15) is 12.0 Å². The van der Waals surface area contributed by atoms with E-state index in [1.54, 1.807) is 6.20 Å². The number of fused-ring (bicyclic) bond motifs is 1. The fourth-order valence-electron chi connectivity index (χ4n) is 2.48. The minimum Gasteiger partial charge on any atom is -0.331 e. The molecule has 2 aliphatic rings. The third-order valence-corrected chi connectivity index (χ3v) is 3.45. The first-order chi connectivity index (χ1) is 9.29. The molecule has 3 rings (SSSR count). The molecule has 6 heteroatoms. The normalized spacial score (nSPS) is 21.5. The summed E-state index contributed by atoms with van der Waals surface area (Å²) in [6.07, 6.45) is 9.71. The second kappa shape index (κ2) is 4.87. The summed E-state index contributed by atoms with van der Waals surface area (Å²) in [4.78, 5) is 10.8. The van der Waals surface area contributed by atoms with Gasteiger partial charge in [0.2, 0.25) is 0 Å². The summed E-state index contributed by atoms with van der Waals surface area (Å²) in [7, 11) is 0. The van der Waals surface area contributed by atoms with Gasteiger partial charge in [-0.1, -0.05) is 13.3 Å². The molecule has 1 aromatic heterocycles. The Bertz CT molecular complexity index is 539. The molecule has 0 amide bonds. The number of aliphatic imine (C=N–C) groups is 1. The highest BCUT2D eigenvalue weighted by molar-refractivity contribution is 5.93. The number of hydrogen-bond acceptors (Lipinski definition) is 5. The van der Waals surface area contributed by atoms with E-state index in [1.807, 2.05) is 30.4 Å². The van der Waals surface area contributed by atoms with Crippen LogP contribution in [0.4, 0.5) is 0 Å². The fraction of sp³-hybridized carbons (Fsp3) is 0.462. The summed E-state index contributed by atoms with van der Waals surface area (Å²) in [5.41, 5.74) is 5.62. The van der Waals surface area contributed by atoms with Crippen molar-refractivity contribution in [3.05, 3.63) is 30.0 Å². The molecule has 1 N–H and O–H groups in total. The summed E-state index contributed by atoms with van der Waals surface area (Å²) in [5, 5.41) is 4.29. The lowest BCUT2D eigenvalue weighted by Gasteiger charge is -2.29. The van der Waals surface area contributed by atoms with Crippen molar-refractivity contribution in [1.29, 1.82) is 0 Å². The van der Waals surface area contributed by atoms with Crippen LogP contribution in [0.1, 0.15) is 26.7 Å². The van der Waals surface area contributed by atoms with E-state index >= 15 is 0 Å². The van der Waals surface area contributed by atoms with E-state index in [9.17, 15) is 0 Å². The standard InChI is InChI=1S/C13H18N6/c1-3-4-11-12(7-18-6-5-14-8-18)15-9-19-10(2)16-17-13(11)19/h5-6,8-9,13,17H,3-4,7H2,1-2H3. The van der Waals surface area contributed by atoms with E-state index in [2.05, 4.69) is 32.3 Å². The molecule has 2 aliphatic heterocycles. The number of nitrogens with zero attached hydrogens (tertiary/aromatic N) is 5. The first kappa shape index (κ1) is 12.0. The SMILES string of the molecule is CCCC1=C(Cn2ccnc2)N=CN2C(C)=NNC12. The average Bonchev–Trinajstić information content (AvgIpc) is 3.03. The van der Waals surface area contributed by atoms with Crippen molar-refractivity contribution in [2.45, 2.75) is 39.4 Å². The van der Waals surface area contributed by atoms with Gasteiger partial charge in [-0.05, 0) is 18.9 Å². The molecule has 0 saturated heterocycles. The third-order valence-electron chi connectivity index (χ3n) is 3.45. The molecule has 100 valence electrons. The Morgan fingerprint density at radius 1 is 1.42 bits per heavy atom. The van der Waals surface area contributed by atoms with Crippen molar-refractivity contribution in [2.75, 3.05) is 0 Å². The van der Waals surface area contributed by atoms with E-state index in [4.69, 9.17) is 0 Å². The monoisotopic (exact) mass is 258 g/mol. The van der Waals surface area contributed by atoms with Crippen molar-refractivity contribution in [1.82, 2.24) is 19.9 Å². The number of hydrogen-bond donors (Lipinski definition) is 1. The van der Waals surface area contributed by atoms with Crippen LogP contribution in [0.2, 0.25) is 0 Å². The molecule has 0 spiro atoms. The summed E-state index contributed by atoms with van der Waals surface area (Å²) < 4.78 is 2.04. The van der Waals surface area contributed by atoms with E-state index in [0.717, 1.165) is 30.9 Å². The highest BCUT2D eigenvalue weighted by Crippen LogP contribution is 2.26. The highest BCUT2D eigenvalue weighted by atomic mass is 15.5. The van der Waals surface area contributed by atoms with E-state index in [1.165, 1.54) is 5.57 Å².